The van der Waals surface area contributed by atoms with Crippen molar-refractivity contribution in [3.63, 3.8) is 0 Å². The van der Waals surface area contributed by atoms with Crippen LogP contribution in [0.5, 0.6) is 0 Å². The number of carbonyl (C=O) groups excluding carboxylic acids is 1. The first-order valence-electron chi connectivity index (χ1n) is 7.61. The lowest BCUT2D eigenvalue weighted by molar-refractivity contribution is 0.0499. The molecule has 122 valence electrons. The van der Waals surface area contributed by atoms with Crippen LogP contribution in [-0.2, 0) is 11.8 Å². The summed E-state index contributed by atoms with van der Waals surface area (Å²) in [7, 11) is 1.89. The highest BCUT2D eigenvalue weighted by Gasteiger charge is 2.30. The number of pyridine rings is 1. The van der Waals surface area contributed by atoms with Crippen LogP contribution < -0.4 is 5.32 Å². The molecule has 23 heavy (non-hydrogen) atoms. The van der Waals surface area contributed by atoms with E-state index >= 15 is 0 Å². The van der Waals surface area contributed by atoms with Gasteiger partial charge in [-0.05, 0) is 24.8 Å². The van der Waals surface area contributed by atoms with Crippen molar-refractivity contribution in [2.45, 2.75) is 18.9 Å². The Hall–Kier alpha value is -2.28. The molecule has 1 saturated heterocycles. The van der Waals surface area contributed by atoms with E-state index in [9.17, 15) is 9.18 Å². The summed E-state index contributed by atoms with van der Waals surface area (Å²) >= 11 is 0. The van der Waals surface area contributed by atoms with Crippen LogP contribution in [0.15, 0.2) is 30.9 Å². The third-order valence-corrected chi connectivity index (χ3v) is 4.13. The van der Waals surface area contributed by atoms with E-state index in [0.717, 1.165) is 24.9 Å². The van der Waals surface area contributed by atoms with Crippen molar-refractivity contribution in [3.8, 4) is 0 Å². The number of aromatic nitrogens is 3. The SMILES string of the molecule is Cn1ccnc1C(NC(=O)c1cncc(F)c1)C1CCOCC1. The lowest BCUT2D eigenvalue weighted by Crippen LogP contribution is -2.37. The number of carbonyl (C=O) groups is 1. The van der Waals surface area contributed by atoms with Gasteiger partial charge in [0, 0.05) is 38.9 Å². The Balaban J connectivity index is 1.83. The number of hydrogen-bond donors (Lipinski definition) is 1. The van der Waals surface area contributed by atoms with E-state index in [4.69, 9.17) is 4.74 Å². The van der Waals surface area contributed by atoms with Crippen LogP contribution in [0.3, 0.4) is 0 Å². The van der Waals surface area contributed by atoms with E-state index in [1.54, 1.807) is 6.20 Å². The fourth-order valence-electron chi connectivity index (χ4n) is 2.88. The summed E-state index contributed by atoms with van der Waals surface area (Å²) in [4.78, 5) is 20.6. The van der Waals surface area contributed by atoms with Crippen LogP contribution >= 0.6 is 0 Å². The van der Waals surface area contributed by atoms with Gasteiger partial charge >= 0.3 is 0 Å². The standard InChI is InChI=1S/C16H19FN4O2/c1-21-5-4-19-15(21)14(11-2-6-23-7-3-11)20-16(22)12-8-13(17)10-18-9-12/h4-5,8-11,14H,2-3,6-7H2,1H3,(H,20,22). The molecule has 0 saturated carbocycles. The molecule has 1 amide bonds. The minimum Gasteiger partial charge on any atom is -0.381 e. The third-order valence-electron chi connectivity index (χ3n) is 4.13. The molecular formula is C16H19FN4O2. The van der Waals surface area contributed by atoms with Gasteiger partial charge in [0.25, 0.3) is 5.91 Å². The first-order valence-corrected chi connectivity index (χ1v) is 7.61. The summed E-state index contributed by atoms with van der Waals surface area (Å²) in [5.74, 6) is 0.138. The highest BCUT2D eigenvalue weighted by atomic mass is 19.1. The van der Waals surface area contributed by atoms with E-state index < -0.39 is 5.82 Å². The number of nitrogens with zero attached hydrogens (tertiary/aromatic N) is 3. The van der Waals surface area contributed by atoms with Gasteiger partial charge in [0.05, 0.1) is 17.8 Å². The van der Waals surface area contributed by atoms with Crippen LogP contribution in [0.2, 0.25) is 0 Å². The molecule has 1 N–H and O–H groups in total. The molecule has 0 aliphatic carbocycles. The maximum atomic E-state index is 13.3. The van der Waals surface area contributed by atoms with Crippen LogP contribution in [0.1, 0.15) is 35.1 Å². The Kier molecular flexibility index (Phi) is 4.66. The molecule has 1 fully saturated rings. The fraction of sp³-hybridized carbons (Fsp3) is 0.438. The molecule has 0 bridgehead atoms. The van der Waals surface area contributed by atoms with Gasteiger partial charge in [-0.15, -0.1) is 0 Å². The molecule has 3 rings (SSSR count). The molecule has 0 spiro atoms. The number of rotatable bonds is 4. The second-order valence-electron chi connectivity index (χ2n) is 5.69. The molecule has 0 radical (unpaired) electrons. The molecule has 6 nitrogen and oxygen atoms in total. The second kappa shape index (κ2) is 6.87. The van der Waals surface area contributed by atoms with Gasteiger partial charge in [-0.1, -0.05) is 0 Å². The Morgan fingerprint density at radius 1 is 1.43 bits per heavy atom. The number of nitrogens with one attached hydrogen (secondary N) is 1. The maximum Gasteiger partial charge on any atom is 0.253 e. The van der Waals surface area contributed by atoms with Gasteiger partial charge in [-0.3, -0.25) is 9.78 Å². The number of imidazole rings is 1. The van der Waals surface area contributed by atoms with Crippen molar-refractivity contribution in [3.05, 3.63) is 48.1 Å². The topological polar surface area (TPSA) is 69.0 Å². The molecule has 3 heterocycles. The quantitative estimate of drug-likeness (QED) is 0.934. The second-order valence-corrected chi connectivity index (χ2v) is 5.69. The monoisotopic (exact) mass is 318 g/mol. The third kappa shape index (κ3) is 3.56. The Morgan fingerprint density at radius 2 is 2.22 bits per heavy atom. The predicted octanol–water partition coefficient (Wildman–Crippen LogP) is 1.85. The Bertz CT molecular complexity index is 682. The number of halogens is 1. The summed E-state index contributed by atoms with van der Waals surface area (Å²) in [6, 6.07) is 0.941. The van der Waals surface area contributed by atoms with Gasteiger partial charge in [-0.25, -0.2) is 9.37 Å². The molecule has 0 aromatic carbocycles. The Labute approximate surface area is 133 Å². The van der Waals surface area contributed by atoms with Crippen LogP contribution in [0.25, 0.3) is 0 Å². The highest BCUT2D eigenvalue weighted by molar-refractivity contribution is 5.94. The van der Waals surface area contributed by atoms with Crippen molar-refractivity contribution in [2.24, 2.45) is 13.0 Å². The number of ether oxygens (including phenoxy) is 1. The van der Waals surface area contributed by atoms with Gasteiger partial charge in [0.1, 0.15) is 11.6 Å². The smallest absolute Gasteiger partial charge is 0.253 e. The minimum absolute atomic E-state index is 0.205. The highest BCUT2D eigenvalue weighted by Crippen LogP contribution is 2.29. The average Bonchev–Trinajstić information content (AvgIpc) is 2.99. The molecule has 7 heteroatoms. The van der Waals surface area contributed by atoms with Crippen molar-refractivity contribution in [1.82, 2.24) is 19.9 Å². The van der Waals surface area contributed by atoms with E-state index in [2.05, 4.69) is 15.3 Å². The molecular weight excluding hydrogens is 299 g/mol. The zero-order valence-corrected chi connectivity index (χ0v) is 12.9. The van der Waals surface area contributed by atoms with Crippen LogP contribution in [0, 0.1) is 11.7 Å². The van der Waals surface area contributed by atoms with E-state index in [0.29, 0.717) is 13.2 Å². The van der Waals surface area contributed by atoms with Gasteiger partial charge in [0.15, 0.2) is 0 Å². The summed E-state index contributed by atoms with van der Waals surface area (Å²) < 4.78 is 20.6. The average molecular weight is 318 g/mol. The van der Waals surface area contributed by atoms with Crippen molar-refractivity contribution >= 4 is 5.91 Å². The van der Waals surface area contributed by atoms with Crippen molar-refractivity contribution in [2.75, 3.05) is 13.2 Å². The van der Waals surface area contributed by atoms with Gasteiger partial charge in [0.2, 0.25) is 0 Å². The van der Waals surface area contributed by atoms with E-state index in [1.165, 1.54) is 12.3 Å². The minimum atomic E-state index is -0.530. The molecule has 1 aliphatic rings. The summed E-state index contributed by atoms with van der Waals surface area (Å²) in [6.07, 6.45) is 7.68. The molecule has 2 aromatic rings. The zero-order chi connectivity index (χ0) is 16.2. The number of hydrogen-bond acceptors (Lipinski definition) is 4. The molecule has 1 unspecified atom stereocenters. The van der Waals surface area contributed by atoms with Crippen LogP contribution in [0.4, 0.5) is 4.39 Å². The predicted molar refractivity (Wildman–Crippen MR) is 81.2 cm³/mol. The van der Waals surface area contributed by atoms with Gasteiger partial charge in [-0.2, -0.15) is 0 Å². The lowest BCUT2D eigenvalue weighted by atomic mass is 9.91. The van der Waals surface area contributed by atoms with E-state index in [-0.39, 0.29) is 23.4 Å². The zero-order valence-electron chi connectivity index (χ0n) is 12.9. The van der Waals surface area contributed by atoms with Crippen molar-refractivity contribution < 1.29 is 13.9 Å². The van der Waals surface area contributed by atoms with Gasteiger partial charge < -0.3 is 14.6 Å². The van der Waals surface area contributed by atoms with Crippen molar-refractivity contribution in [1.29, 1.82) is 0 Å². The summed E-state index contributed by atoms with van der Waals surface area (Å²) in [5.41, 5.74) is 0.205. The first kappa shape index (κ1) is 15.6. The summed E-state index contributed by atoms with van der Waals surface area (Å²) in [5, 5.41) is 2.99. The number of amides is 1. The maximum absolute atomic E-state index is 13.3. The first-order chi connectivity index (χ1) is 11.1. The van der Waals surface area contributed by atoms with E-state index in [1.807, 2.05) is 17.8 Å². The molecule has 1 aliphatic heterocycles. The largest absolute Gasteiger partial charge is 0.381 e. The summed E-state index contributed by atoms with van der Waals surface area (Å²) in [6.45, 7) is 1.34. The molecule has 2 aromatic heterocycles. The number of aryl methyl sites for hydroxylation is 1. The van der Waals surface area contributed by atoms with Crippen LogP contribution in [-0.4, -0.2) is 33.7 Å². The fourth-order valence-corrected chi connectivity index (χ4v) is 2.88. The Morgan fingerprint density at radius 3 is 2.87 bits per heavy atom. The molecule has 1 atom stereocenters. The normalized spacial score (nSPS) is 17.0. The lowest BCUT2D eigenvalue weighted by Gasteiger charge is -2.30.